The van der Waals surface area contributed by atoms with E-state index < -0.39 is 0 Å². The highest BCUT2D eigenvalue weighted by Crippen LogP contribution is 2.30. The van der Waals surface area contributed by atoms with E-state index in [2.05, 4.69) is 15.3 Å². The fraction of sp³-hybridized carbons (Fsp3) is 0.667. The summed E-state index contributed by atoms with van der Waals surface area (Å²) < 4.78 is 11.7. The summed E-state index contributed by atoms with van der Waals surface area (Å²) in [6, 6.07) is 0. The van der Waals surface area contributed by atoms with Crippen LogP contribution in [0.2, 0.25) is 0 Å². The van der Waals surface area contributed by atoms with Crippen LogP contribution in [0.25, 0.3) is 0 Å². The molecule has 0 bridgehead atoms. The summed E-state index contributed by atoms with van der Waals surface area (Å²) in [6.45, 7) is 4.56. The standard InChI is InChI=1S/C12H17N3O2/c1-9-5-13-6-11(15-9)17-10-2-3-16-12(4-10)7-14-8-12/h5-6,10,14H,2-4,7-8H2,1H3/t10-/m1/s1. The van der Waals surface area contributed by atoms with Crippen LogP contribution < -0.4 is 10.1 Å². The lowest BCUT2D eigenvalue weighted by Gasteiger charge is -2.47. The van der Waals surface area contributed by atoms with Crippen molar-refractivity contribution in [3.05, 3.63) is 18.1 Å². The normalized spacial score (nSPS) is 26.5. The molecule has 92 valence electrons. The molecule has 3 heterocycles. The first-order chi connectivity index (χ1) is 8.26. The zero-order chi connectivity index (χ0) is 11.7. The summed E-state index contributed by atoms with van der Waals surface area (Å²) in [5.41, 5.74) is 0.898. The van der Waals surface area contributed by atoms with Crippen LogP contribution in [0.5, 0.6) is 5.88 Å². The second-order valence-corrected chi connectivity index (χ2v) is 4.87. The molecular formula is C12H17N3O2. The molecule has 5 heteroatoms. The van der Waals surface area contributed by atoms with Crippen LogP contribution in [-0.2, 0) is 4.74 Å². The monoisotopic (exact) mass is 235 g/mol. The number of hydrogen-bond acceptors (Lipinski definition) is 5. The van der Waals surface area contributed by atoms with Gasteiger partial charge in [-0.15, -0.1) is 0 Å². The van der Waals surface area contributed by atoms with E-state index in [1.807, 2.05) is 6.92 Å². The summed E-state index contributed by atoms with van der Waals surface area (Å²) in [5.74, 6) is 0.624. The van der Waals surface area contributed by atoms with E-state index >= 15 is 0 Å². The molecule has 1 aromatic rings. The van der Waals surface area contributed by atoms with Gasteiger partial charge in [0, 0.05) is 32.1 Å². The summed E-state index contributed by atoms with van der Waals surface area (Å²) >= 11 is 0. The molecule has 0 unspecified atom stereocenters. The molecule has 1 atom stereocenters. The Morgan fingerprint density at radius 1 is 1.47 bits per heavy atom. The van der Waals surface area contributed by atoms with Crippen molar-refractivity contribution in [1.82, 2.24) is 15.3 Å². The molecule has 2 fully saturated rings. The molecule has 3 rings (SSSR count). The number of rotatable bonds is 2. The van der Waals surface area contributed by atoms with Crippen molar-refractivity contribution >= 4 is 0 Å². The average molecular weight is 235 g/mol. The van der Waals surface area contributed by atoms with E-state index in [9.17, 15) is 0 Å². The maximum atomic E-state index is 5.89. The molecule has 5 nitrogen and oxygen atoms in total. The largest absolute Gasteiger partial charge is 0.473 e. The van der Waals surface area contributed by atoms with Crippen molar-refractivity contribution in [2.45, 2.75) is 31.5 Å². The molecule has 0 radical (unpaired) electrons. The quantitative estimate of drug-likeness (QED) is 0.817. The smallest absolute Gasteiger partial charge is 0.232 e. The number of hydrogen-bond donors (Lipinski definition) is 1. The first-order valence-electron chi connectivity index (χ1n) is 6.06. The molecule has 0 aliphatic carbocycles. The van der Waals surface area contributed by atoms with Gasteiger partial charge in [-0.1, -0.05) is 0 Å². The number of ether oxygens (including phenoxy) is 2. The van der Waals surface area contributed by atoms with Gasteiger partial charge >= 0.3 is 0 Å². The molecule has 2 saturated heterocycles. The van der Waals surface area contributed by atoms with Crippen molar-refractivity contribution < 1.29 is 9.47 Å². The van der Waals surface area contributed by atoms with Gasteiger partial charge in [-0.25, -0.2) is 4.98 Å². The van der Waals surface area contributed by atoms with Crippen LogP contribution in [0.3, 0.4) is 0 Å². The first kappa shape index (κ1) is 10.9. The van der Waals surface area contributed by atoms with Gasteiger partial charge in [0.25, 0.3) is 0 Å². The van der Waals surface area contributed by atoms with Gasteiger partial charge in [0.05, 0.1) is 24.1 Å². The molecule has 1 N–H and O–H groups in total. The molecule has 17 heavy (non-hydrogen) atoms. The Bertz CT molecular complexity index is 406. The predicted octanol–water partition coefficient (Wildman–Crippen LogP) is 0.685. The van der Waals surface area contributed by atoms with Crippen LogP contribution in [0, 0.1) is 6.92 Å². The minimum atomic E-state index is 0.0141. The summed E-state index contributed by atoms with van der Waals surface area (Å²) in [6.07, 6.45) is 5.47. The fourth-order valence-corrected chi connectivity index (χ4v) is 2.40. The third-order valence-electron chi connectivity index (χ3n) is 3.36. The van der Waals surface area contributed by atoms with E-state index in [1.165, 1.54) is 0 Å². The van der Waals surface area contributed by atoms with Gasteiger partial charge in [-0.3, -0.25) is 4.98 Å². The SMILES string of the molecule is Cc1cncc(O[C@@H]2CCOC3(CNC3)C2)n1. The van der Waals surface area contributed by atoms with E-state index in [1.54, 1.807) is 12.4 Å². The van der Waals surface area contributed by atoms with Gasteiger partial charge in [-0.05, 0) is 6.92 Å². The summed E-state index contributed by atoms with van der Waals surface area (Å²) in [7, 11) is 0. The molecule has 2 aliphatic heterocycles. The van der Waals surface area contributed by atoms with Crippen molar-refractivity contribution in [2.24, 2.45) is 0 Å². The fourth-order valence-electron chi connectivity index (χ4n) is 2.40. The predicted molar refractivity (Wildman–Crippen MR) is 62.0 cm³/mol. The zero-order valence-electron chi connectivity index (χ0n) is 9.98. The second kappa shape index (κ2) is 4.23. The van der Waals surface area contributed by atoms with Crippen molar-refractivity contribution in [1.29, 1.82) is 0 Å². The Morgan fingerprint density at radius 3 is 3.06 bits per heavy atom. The lowest BCUT2D eigenvalue weighted by atomic mass is 9.87. The van der Waals surface area contributed by atoms with Gasteiger partial charge in [0.1, 0.15) is 6.10 Å². The van der Waals surface area contributed by atoms with Gasteiger partial charge in [0.2, 0.25) is 5.88 Å². The average Bonchev–Trinajstić information content (AvgIpc) is 2.27. The summed E-state index contributed by atoms with van der Waals surface area (Å²) in [5, 5.41) is 3.26. The van der Waals surface area contributed by atoms with Crippen molar-refractivity contribution in [3.63, 3.8) is 0 Å². The van der Waals surface area contributed by atoms with Crippen LogP contribution in [0.15, 0.2) is 12.4 Å². The van der Waals surface area contributed by atoms with Crippen LogP contribution >= 0.6 is 0 Å². The Morgan fingerprint density at radius 2 is 2.35 bits per heavy atom. The molecule has 1 spiro atoms. The van der Waals surface area contributed by atoms with E-state index in [4.69, 9.17) is 9.47 Å². The Balaban J connectivity index is 1.65. The third-order valence-corrected chi connectivity index (χ3v) is 3.36. The highest BCUT2D eigenvalue weighted by molar-refractivity contribution is 5.08. The lowest BCUT2D eigenvalue weighted by Crippen LogP contribution is -2.64. The minimum absolute atomic E-state index is 0.0141. The molecule has 2 aliphatic rings. The number of nitrogens with zero attached hydrogens (tertiary/aromatic N) is 2. The number of aryl methyl sites for hydroxylation is 1. The number of nitrogens with one attached hydrogen (secondary N) is 1. The topological polar surface area (TPSA) is 56.3 Å². The Hall–Kier alpha value is -1.20. The third kappa shape index (κ3) is 2.25. The van der Waals surface area contributed by atoms with Crippen LogP contribution in [-0.4, -0.2) is 41.4 Å². The van der Waals surface area contributed by atoms with E-state index in [-0.39, 0.29) is 11.7 Å². The highest BCUT2D eigenvalue weighted by Gasteiger charge is 2.43. The lowest BCUT2D eigenvalue weighted by molar-refractivity contribution is -0.138. The van der Waals surface area contributed by atoms with E-state index in [0.29, 0.717) is 5.88 Å². The zero-order valence-corrected chi connectivity index (χ0v) is 9.98. The van der Waals surface area contributed by atoms with Crippen LogP contribution in [0.1, 0.15) is 18.5 Å². The molecule has 0 amide bonds. The Kier molecular flexibility index (Phi) is 2.72. The van der Waals surface area contributed by atoms with Crippen molar-refractivity contribution in [3.8, 4) is 5.88 Å². The minimum Gasteiger partial charge on any atom is -0.473 e. The second-order valence-electron chi connectivity index (χ2n) is 4.87. The van der Waals surface area contributed by atoms with Crippen molar-refractivity contribution in [2.75, 3.05) is 19.7 Å². The molecule has 0 aromatic carbocycles. The maximum absolute atomic E-state index is 5.89. The van der Waals surface area contributed by atoms with Crippen LogP contribution in [0.4, 0.5) is 0 Å². The molecule has 1 aromatic heterocycles. The van der Waals surface area contributed by atoms with E-state index in [0.717, 1.165) is 38.2 Å². The molecule has 0 saturated carbocycles. The number of aromatic nitrogens is 2. The Labute approximate surface area is 101 Å². The molecular weight excluding hydrogens is 218 g/mol. The highest BCUT2D eigenvalue weighted by atomic mass is 16.5. The van der Waals surface area contributed by atoms with Gasteiger partial charge in [0.15, 0.2) is 0 Å². The maximum Gasteiger partial charge on any atom is 0.232 e. The summed E-state index contributed by atoms with van der Waals surface area (Å²) in [4.78, 5) is 8.41. The van der Waals surface area contributed by atoms with Gasteiger partial charge in [-0.2, -0.15) is 0 Å². The first-order valence-corrected chi connectivity index (χ1v) is 6.06. The van der Waals surface area contributed by atoms with Gasteiger partial charge < -0.3 is 14.8 Å².